The van der Waals surface area contributed by atoms with Gasteiger partial charge < -0.3 is 24.2 Å². The Morgan fingerprint density at radius 2 is 1.88 bits per heavy atom. The molecule has 0 bridgehead atoms. The van der Waals surface area contributed by atoms with Crippen molar-refractivity contribution in [1.29, 1.82) is 0 Å². The molecule has 0 aliphatic carbocycles. The van der Waals surface area contributed by atoms with Gasteiger partial charge in [-0.05, 0) is 31.2 Å². The summed E-state index contributed by atoms with van der Waals surface area (Å²) in [5.74, 6) is 0.734. The fourth-order valence-corrected chi connectivity index (χ4v) is 2.77. The van der Waals surface area contributed by atoms with Crippen molar-refractivity contribution in [3.63, 3.8) is 0 Å². The number of rotatable bonds is 9. The minimum absolute atomic E-state index is 0.252. The second-order valence-corrected chi connectivity index (χ2v) is 6.45. The summed E-state index contributed by atoms with van der Waals surface area (Å²) in [6, 6.07) is 7.13. The Morgan fingerprint density at radius 1 is 1.19 bits per heavy atom. The van der Waals surface area contributed by atoms with E-state index in [-0.39, 0.29) is 12.7 Å². The Bertz CT molecular complexity index is 535. The first kappa shape index (κ1) is 20.8. The van der Waals surface area contributed by atoms with Crippen LogP contribution in [0.25, 0.3) is 0 Å². The summed E-state index contributed by atoms with van der Waals surface area (Å²) < 4.78 is 16.0. The van der Waals surface area contributed by atoms with Crippen LogP contribution in [0.5, 0.6) is 5.75 Å². The van der Waals surface area contributed by atoms with Gasteiger partial charge in [-0.2, -0.15) is 0 Å². The van der Waals surface area contributed by atoms with Gasteiger partial charge in [0.25, 0.3) is 0 Å². The first-order valence-electron chi connectivity index (χ1n) is 8.86. The zero-order valence-corrected chi connectivity index (χ0v) is 15.9. The van der Waals surface area contributed by atoms with Crippen LogP contribution in [0.4, 0.5) is 4.79 Å². The summed E-state index contributed by atoms with van der Waals surface area (Å²) >= 11 is 5.81. The minimum Gasteiger partial charge on any atom is -0.491 e. The molecule has 1 atom stereocenters. The third kappa shape index (κ3) is 7.37. The molecule has 0 spiro atoms. The molecule has 7 nitrogen and oxygen atoms in total. The molecule has 1 unspecified atom stereocenters. The van der Waals surface area contributed by atoms with E-state index in [4.69, 9.17) is 25.8 Å². The zero-order valence-electron chi connectivity index (χ0n) is 15.1. The van der Waals surface area contributed by atoms with Crippen molar-refractivity contribution in [2.24, 2.45) is 0 Å². The number of hydrogen-bond acceptors (Lipinski definition) is 6. The predicted molar refractivity (Wildman–Crippen MR) is 98.8 cm³/mol. The van der Waals surface area contributed by atoms with E-state index < -0.39 is 6.10 Å². The van der Waals surface area contributed by atoms with Crippen LogP contribution in [0.2, 0.25) is 5.02 Å². The number of amides is 1. The maximum Gasteiger partial charge on any atom is 0.409 e. The molecule has 1 N–H and O–H groups in total. The lowest BCUT2D eigenvalue weighted by Crippen LogP contribution is -2.51. The lowest BCUT2D eigenvalue weighted by molar-refractivity contribution is -0.0000926. The van der Waals surface area contributed by atoms with Crippen LogP contribution in [0.3, 0.4) is 0 Å². The number of aliphatic hydroxyl groups excluding tert-OH is 1. The monoisotopic (exact) mass is 386 g/mol. The van der Waals surface area contributed by atoms with Crippen LogP contribution in [0, 0.1) is 0 Å². The molecule has 2 rings (SSSR count). The van der Waals surface area contributed by atoms with E-state index >= 15 is 0 Å². The molecule has 146 valence electrons. The predicted octanol–water partition coefficient (Wildman–Crippen LogP) is 1.87. The molecule has 1 heterocycles. The molecule has 0 saturated carbocycles. The summed E-state index contributed by atoms with van der Waals surface area (Å²) in [6.07, 6.45) is -0.837. The highest BCUT2D eigenvalue weighted by Crippen LogP contribution is 2.15. The number of aliphatic hydroxyl groups is 1. The Kier molecular flexibility index (Phi) is 8.97. The van der Waals surface area contributed by atoms with E-state index in [1.165, 1.54) is 0 Å². The van der Waals surface area contributed by atoms with Gasteiger partial charge in [-0.15, -0.1) is 0 Å². The molecule has 1 amide bonds. The summed E-state index contributed by atoms with van der Waals surface area (Å²) in [5, 5.41) is 10.7. The second kappa shape index (κ2) is 11.2. The average Bonchev–Trinajstić information content (AvgIpc) is 2.64. The molecule has 8 heteroatoms. The third-order valence-corrected chi connectivity index (χ3v) is 4.24. The van der Waals surface area contributed by atoms with Crippen molar-refractivity contribution in [2.45, 2.75) is 13.0 Å². The highest BCUT2D eigenvalue weighted by atomic mass is 35.5. The van der Waals surface area contributed by atoms with Crippen LogP contribution in [-0.4, -0.2) is 86.3 Å². The van der Waals surface area contributed by atoms with Crippen LogP contribution in [-0.2, 0) is 9.47 Å². The summed E-state index contributed by atoms with van der Waals surface area (Å²) in [4.78, 5) is 15.5. The minimum atomic E-state index is -0.570. The van der Waals surface area contributed by atoms with Crippen molar-refractivity contribution in [3.8, 4) is 5.75 Å². The number of carbonyl (C=O) groups is 1. The van der Waals surface area contributed by atoms with Crippen molar-refractivity contribution in [1.82, 2.24) is 9.80 Å². The Hall–Kier alpha value is -1.54. The van der Waals surface area contributed by atoms with Gasteiger partial charge in [0.15, 0.2) is 0 Å². The molecule has 1 aliphatic heterocycles. The largest absolute Gasteiger partial charge is 0.491 e. The van der Waals surface area contributed by atoms with Gasteiger partial charge in [-0.1, -0.05) is 11.6 Å². The number of carbonyl (C=O) groups excluding carboxylic acids is 1. The average molecular weight is 387 g/mol. The Morgan fingerprint density at radius 3 is 2.54 bits per heavy atom. The highest BCUT2D eigenvalue weighted by Gasteiger charge is 2.23. The molecule has 1 fully saturated rings. The SMILES string of the molecule is CCOC(=O)N1CCN(CC(O)COCCOc2ccc(Cl)cc2)CC1. The number of ether oxygens (including phenoxy) is 3. The van der Waals surface area contributed by atoms with E-state index in [0.29, 0.717) is 44.5 Å². The van der Waals surface area contributed by atoms with Crippen molar-refractivity contribution < 1.29 is 24.1 Å². The number of hydrogen-bond donors (Lipinski definition) is 1. The lowest BCUT2D eigenvalue weighted by Gasteiger charge is -2.34. The van der Waals surface area contributed by atoms with Gasteiger partial charge in [-0.25, -0.2) is 4.79 Å². The maximum atomic E-state index is 11.6. The molecular weight excluding hydrogens is 360 g/mol. The van der Waals surface area contributed by atoms with Crippen molar-refractivity contribution in [2.75, 3.05) is 59.2 Å². The molecular formula is C18H27ClN2O5. The van der Waals surface area contributed by atoms with Crippen molar-refractivity contribution in [3.05, 3.63) is 29.3 Å². The van der Waals surface area contributed by atoms with E-state index in [1.54, 1.807) is 36.1 Å². The first-order valence-corrected chi connectivity index (χ1v) is 9.24. The van der Waals surface area contributed by atoms with Gasteiger partial charge in [0.1, 0.15) is 12.4 Å². The third-order valence-electron chi connectivity index (χ3n) is 3.99. The summed E-state index contributed by atoms with van der Waals surface area (Å²) in [6.45, 7) is 6.43. The van der Waals surface area contributed by atoms with E-state index in [2.05, 4.69) is 4.90 Å². The molecule has 1 aromatic carbocycles. The van der Waals surface area contributed by atoms with Gasteiger partial charge in [0.05, 0.1) is 25.9 Å². The van der Waals surface area contributed by atoms with Gasteiger partial charge in [0.2, 0.25) is 0 Å². The van der Waals surface area contributed by atoms with Gasteiger partial charge >= 0.3 is 6.09 Å². The van der Waals surface area contributed by atoms with Crippen LogP contribution in [0.15, 0.2) is 24.3 Å². The first-order chi connectivity index (χ1) is 12.6. The fourth-order valence-electron chi connectivity index (χ4n) is 2.65. The lowest BCUT2D eigenvalue weighted by atomic mass is 10.3. The van der Waals surface area contributed by atoms with E-state index in [0.717, 1.165) is 18.8 Å². The summed E-state index contributed by atoms with van der Waals surface area (Å²) in [5.41, 5.74) is 0. The van der Waals surface area contributed by atoms with Crippen LogP contribution >= 0.6 is 11.6 Å². The number of nitrogens with zero attached hydrogens (tertiary/aromatic N) is 2. The van der Waals surface area contributed by atoms with Crippen LogP contribution in [0.1, 0.15) is 6.92 Å². The smallest absolute Gasteiger partial charge is 0.409 e. The number of piperazine rings is 1. The topological polar surface area (TPSA) is 71.5 Å². The second-order valence-electron chi connectivity index (χ2n) is 6.02. The maximum absolute atomic E-state index is 11.6. The quantitative estimate of drug-likeness (QED) is 0.653. The van der Waals surface area contributed by atoms with Gasteiger partial charge in [0, 0.05) is 37.7 Å². The molecule has 1 aliphatic rings. The van der Waals surface area contributed by atoms with Gasteiger partial charge in [-0.3, -0.25) is 4.90 Å². The molecule has 1 saturated heterocycles. The van der Waals surface area contributed by atoms with Crippen LogP contribution < -0.4 is 4.74 Å². The number of benzene rings is 1. The zero-order chi connectivity index (χ0) is 18.8. The molecule has 1 aromatic rings. The molecule has 26 heavy (non-hydrogen) atoms. The normalized spacial score (nSPS) is 16.3. The molecule has 0 radical (unpaired) electrons. The van der Waals surface area contributed by atoms with E-state index in [9.17, 15) is 9.90 Å². The number of β-amino-alcohol motifs (C(OH)–C–C–N with tert-alkyl or cyclic N) is 1. The summed E-state index contributed by atoms with van der Waals surface area (Å²) in [7, 11) is 0. The highest BCUT2D eigenvalue weighted by molar-refractivity contribution is 6.30. The Labute approximate surface area is 159 Å². The molecule has 0 aromatic heterocycles. The van der Waals surface area contributed by atoms with Crippen molar-refractivity contribution >= 4 is 17.7 Å². The fraction of sp³-hybridized carbons (Fsp3) is 0.611. The van der Waals surface area contributed by atoms with E-state index in [1.807, 2.05) is 0 Å². The Balaban J connectivity index is 1.53. The number of halogens is 1. The standard InChI is InChI=1S/C18H27ClN2O5/c1-2-25-18(23)21-9-7-20(8-10-21)13-16(22)14-24-11-12-26-17-5-3-15(19)4-6-17/h3-6,16,22H,2,7-14H2,1H3.